The first kappa shape index (κ1) is 17.2. The number of H-pyrrole nitrogens is 1. The number of nitrogens with one attached hydrogen (secondary N) is 3. The third-order valence-corrected chi connectivity index (χ3v) is 5.51. The molecule has 136 valence electrons. The van der Waals surface area contributed by atoms with Gasteiger partial charge in [0, 0.05) is 28.7 Å². The predicted molar refractivity (Wildman–Crippen MR) is 103 cm³/mol. The molecule has 4 aromatic rings. The third kappa shape index (κ3) is 3.16. The van der Waals surface area contributed by atoms with E-state index in [1.807, 2.05) is 25.1 Å². The first-order chi connectivity index (χ1) is 13.0. The molecule has 2 aromatic carbocycles. The van der Waals surface area contributed by atoms with E-state index in [9.17, 15) is 13.2 Å². The number of benzene rings is 2. The van der Waals surface area contributed by atoms with Crippen LogP contribution in [0.2, 0.25) is 0 Å². The highest BCUT2D eigenvalue weighted by molar-refractivity contribution is 7.89. The highest BCUT2D eigenvalue weighted by atomic mass is 32.2. The molecule has 3 N–H and O–H groups in total. The van der Waals surface area contributed by atoms with Crippen LogP contribution in [0.5, 0.6) is 0 Å². The zero-order valence-electron chi connectivity index (χ0n) is 14.4. The summed E-state index contributed by atoms with van der Waals surface area (Å²) in [5, 5.41) is 1.41. The van der Waals surface area contributed by atoms with Gasteiger partial charge in [-0.25, -0.2) is 8.42 Å². The van der Waals surface area contributed by atoms with Gasteiger partial charge >= 0.3 is 0 Å². The quantitative estimate of drug-likeness (QED) is 0.474. The van der Waals surface area contributed by atoms with Gasteiger partial charge in [0.25, 0.3) is 15.9 Å². The van der Waals surface area contributed by atoms with E-state index in [0.717, 1.165) is 11.1 Å². The second-order valence-corrected chi connectivity index (χ2v) is 7.80. The fourth-order valence-electron chi connectivity index (χ4n) is 2.95. The van der Waals surface area contributed by atoms with Crippen molar-refractivity contribution in [2.45, 2.75) is 11.8 Å². The van der Waals surface area contributed by atoms with Crippen LogP contribution in [0.4, 0.5) is 0 Å². The second-order valence-electron chi connectivity index (χ2n) is 6.15. The standard InChI is InChI=1S/C19H16N4O3S/c1-12-9-13-5-4-8-17(18(13)21-10-12)27(25,26)23-22-19(24)15-11-20-16-7-3-2-6-14(15)16/h2-11,20,23H,1H3,(H,22,24). The van der Waals surface area contributed by atoms with Gasteiger partial charge in [-0.3, -0.25) is 15.2 Å². The van der Waals surface area contributed by atoms with Crippen LogP contribution in [-0.2, 0) is 10.0 Å². The van der Waals surface area contributed by atoms with E-state index in [1.165, 1.54) is 12.3 Å². The minimum atomic E-state index is -3.99. The molecule has 0 radical (unpaired) electrons. The van der Waals surface area contributed by atoms with Gasteiger partial charge in [0.1, 0.15) is 4.90 Å². The average molecular weight is 380 g/mol. The Bertz CT molecular complexity index is 1280. The van der Waals surface area contributed by atoms with E-state index < -0.39 is 15.9 Å². The average Bonchev–Trinajstić information content (AvgIpc) is 3.09. The van der Waals surface area contributed by atoms with Gasteiger partial charge in [-0.2, -0.15) is 0 Å². The fourth-order valence-corrected chi connectivity index (χ4v) is 3.97. The summed E-state index contributed by atoms with van der Waals surface area (Å²) in [5.41, 5.74) is 4.68. The number of aromatic nitrogens is 2. The van der Waals surface area contributed by atoms with E-state index in [0.29, 0.717) is 21.9 Å². The Hall–Kier alpha value is -3.23. The lowest BCUT2D eigenvalue weighted by atomic mass is 10.2. The molecule has 0 aliphatic carbocycles. The summed E-state index contributed by atoms with van der Waals surface area (Å²) >= 11 is 0. The first-order valence-corrected chi connectivity index (χ1v) is 9.68. The van der Waals surface area contributed by atoms with Crippen LogP contribution >= 0.6 is 0 Å². The Kier molecular flexibility index (Phi) is 4.14. The Morgan fingerprint density at radius 1 is 1.11 bits per heavy atom. The van der Waals surface area contributed by atoms with Crippen molar-refractivity contribution < 1.29 is 13.2 Å². The number of amides is 1. The third-order valence-electron chi connectivity index (χ3n) is 4.23. The van der Waals surface area contributed by atoms with Gasteiger partial charge in [0.05, 0.1) is 11.1 Å². The summed E-state index contributed by atoms with van der Waals surface area (Å²) in [6.45, 7) is 1.88. The number of carbonyl (C=O) groups is 1. The van der Waals surface area contributed by atoms with Crippen LogP contribution in [0.1, 0.15) is 15.9 Å². The number of sulfonamides is 1. The Morgan fingerprint density at radius 2 is 1.93 bits per heavy atom. The van der Waals surface area contributed by atoms with Crippen LogP contribution < -0.4 is 10.3 Å². The molecule has 0 aliphatic heterocycles. The minimum Gasteiger partial charge on any atom is -0.360 e. The zero-order valence-corrected chi connectivity index (χ0v) is 15.2. The molecule has 0 saturated heterocycles. The molecule has 0 unspecified atom stereocenters. The van der Waals surface area contributed by atoms with Crippen molar-refractivity contribution in [3.05, 3.63) is 72.1 Å². The summed E-state index contributed by atoms with van der Waals surface area (Å²) in [4.78, 5) is 21.8. The number of rotatable bonds is 4. The number of nitrogens with zero attached hydrogens (tertiary/aromatic N) is 1. The first-order valence-electron chi connectivity index (χ1n) is 8.19. The number of aryl methyl sites for hydroxylation is 1. The zero-order chi connectivity index (χ0) is 19.0. The number of hydrazine groups is 1. The molecule has 7 nitrogen and oxygen atoms in total. The summed E-state index contributed by atoms with van der Waals surface area (Å²) in [5.74, 6) is -0.555. The molecule has 4 rings (SSSR count). The summed E-state index contributed by atoms with van der Waals surface area (Å²) in [6.07, 6.45) is 3.14. The van der Waals surface area contributed by atoms with Crippen LogP contribution in [0.25, 0.3) is 21.8 Å². The number of fused-ring (bicyclic) bond motifs is 2. The molecule has 0 saturated carbocycles. The van der Waals surface area contributed by atoms with Crippen LogP contribution in [-0.4, -0.2) is 24.3 Å². The highest BCUT2D eigenvalue weighted by Crippen LogP contribution is 2.21. The lowest BCUT2D eigenvalue weighted by Gasteiger charge is -2.10. The lowest BCUT2D eigenvalue weighted by molar-refractivity contribution is 0.0947. The number of carbonyl (C=O) groups excluding carboxylic acids is 1. The van der Waals surface area contributed by atoms with Crippen LogP contribution in [0, 0.1) is 6.92 Å². The molecule has 1 amide bonds. The monoisotopic (exact) mass is 380 g/mol. The molecule has 2 aromatic heterocycles. The molecular weight excluding hydrogens is 364 g/mol. The van der Waals surface area contributed by atoms with Gasteiger partial charge in [0.15, 0.2) is 0 Å². The summed E-state index contributed by atoms with van der Waals surface area (Å²) in [6, 6.07) is 14.0. The Labute approximate surface area is 155 Å². The number of para-hydroxylation sites is 2. The molecular formula is C19H16N4O3S. The van der Waals surface area contributed by atoms with Crippen molar-refractivity contribution in [1.82, 2.24) is 20.2 Å². The lowest BCUT2D eigenvalue weighted by Crippen LogP contribution is -2.41. The van der Waals surface area contributed by atoms with Crippen LogP contribution in [0.3, 0.4) is 0 Å². The van der Waals surface area contributed by atoms with Crippen molar-refractivity contribution in [1.29, 1.82) is 0 Å². The SMILES string of the molecule is Cc1cnc2c(S(=O)(=O)NNC(=O)c3c[nH]c4ccccc34)cccc2c1. The largest absolute Gasteiger partial charge is 0.360 e. The number of pyridine rings is 1. The van der Waals surface area contributed by atoms with Gasteiger partial charge in [-0.05, 0) is 30.7 Å². The van der Waals surface area contributed by atoms with E-state index in [2.05, 4.69) is 20.2 Å². The van der Waals surface area contributed by atoms with Crippen molar-refractivity contribution in [2.75, 3.05) is 0 Å². The second kappa shape index (κ2) is 6.49. The van der Waals surface area contributed by atoms with Crippen molar-refractivity contribution in [3.8, 4) is 0 Å². The molecule has 0 spiro atoms. The number of hydrogen-bond acceptors (Lipinski definition) is 4. The predicted octanol–water partition coefficient (Wildman–Crippen LogP) is 2.65. The van der Waals surface area contributed by atoms with E-state index >= 15 is 0 Å². The van der Waals surface area contributed by atoms with Crippen molar-refractivity contribution in [2.24, 2.45) is 0 Å². The Balaban J connectivity index is 1.62. The highest BCUT2D eigenvalue weighted by Gasteiger charge is 2.20. The van der Waals surface area contributed by atoms with Crippen molar-refractivity contribution >= 4 is 37.7 Å². The molecule has 0 fully saturated rings. The molecule has 0 aliphatic rings. The van der Waals surface area contributed by atoms with Gasteiger partial charge < -0.3 is 4.98 Å². The Morgan fingerprint density at radius 3 is 2.78 bits per heavy atom. The fraction of sp³-hybridized carbons (Fsp3) is 0.0526. The van der Waals surface area contributed by atoms with Gasteiger partial charge in [-0.1, -0.05) is 30.3 Å². The molecule has 27 heavy (non-hydrogen) atoms. The smallest absolute Gasteiger partial charge is 0.268 e. The normalized spacial score (nSPS) is 11.7. The molecule has 8 heteroatoms. The molecule has 0 bridgehead atoms. The molecule has 2 heterocycles. The number of hydrogen-bond donors (Lipinski definition) is 3. The number of aromatic amines is 1. The maximum Gasteiger partial charge on any atom is 0.268 e. The van der Waals surface area contributed by atoms with Gasteiger partial charge in [-0.15, -0.1) is 4.83 Å². The van der Waals surface area contributed by atoms with Crippen molar-refractivity contribution in [3.63, 3.8) is 0 Å². The topological polar surface area (TPSA) is 104 Å². The van der Waals surface area contributed by atoms with E-state index in [4.69, 9.17) is 0 Å². The minimum absolute atomic E-state index is 0.000716. The summed E-state index contributed by atoms with van der Waals surface area (Å²) in [7, 11) is -3.99. The maximum atomic E-state index is 12.7. The van der Waals surface area contributed by atoms with E-state index in [-0.39, 0.29) is 4.90 Å². The van der Waals surface area contributed by atoms with E-state index in [1.54, 1.807) is 30.5 Å². The van der Waals surface area contributed by atoms with Crippen LogP contribution in [0.15, 0.2) is 65.8 Å². The maximum absolute atomic E-state index is 12.7. The molecule has 0 atom stereocenters. The van der Waals surface area contributed by atoms with Gasteiger partial charge in [0.2, 0.25) is 0 Å². The summed E-state index contributed by atoms with van der Waals surface area (Å²) < 4.78 is 25.4.